The van der Waals surface area contributed by atoms with E-state index in [1.54, 1.807) is 12.1 Å². The number of hydrogen-bond acceptors (Lipinski definition) is 3. The molecule has 6 heteroatoms. The van der Waals surface area contributed by atoms with Crippen LogP contribution in [-0.4, -0.2) is 28.5 Å². The van der Waals surface area contributed by atoms with E-state index in [1.165, 1.54) is 12.1 Å². The number of rotatable bonds is 1. The molecule has 0 aliphatic carbocycles. The average Bonchev–Trinajstić information content (AvgIpc) is 2.40. The van der Waals surface area contributed by atoms with Crippen LogP contribution >= 0.6 is 23.2 Å². The van der Waals surface area contributed by atoms with Crippen LogP contribution in [0.5, 0.6) is 0 Å². The molecule has 0 saturated carbocycles. The van der Waals surface area contributed by atoms with Crippen molar-refractivity contribution in [2.24, 2.45) is 0 Å². The number of aromatic nitrogens is 2. The second-order valence-corrected chi connectivity index (χ2v) is 5.64. The topological polar surface area (TPSA) is 29.0 Å². The first-order valence-corrected chi connectivity index (χ1v) is 6.96. The summed E-state index contributed by atoms with van der Waals surface area (Å²) in [5.41, 5.74) is 2.71. The van der Waals surface area contributed by atoms with Gasteiger partial charge in [-0.15, -0.1) is 0 Å². The molecule has 0 spiro atoms. The van der Waals surface area contributed by atoms with Gasteiger partial charge in [0.2, 0.25) is 5.28 Å². The fraction of sp³-hybridized carbons (Fsp3) is 0.286. The predicted molar refractivity (Wildman–Crippen MR) is 76.6 cm³/mol. The highest BCUT2D eigenvalue weighted by atomic mass is 35.5. The Hall–Kier alpha value is -1.23. The number of nitrogens with zero attached hydrogens (tertiary/aromatic N) is 3. The van der Waals surface area contributed by atoms with Crippen LogP contribution in [0.25, 0.3) is 0 Å². The molecule has 0 amide bonds. The number of benzene rings is 1. The molecule has 0 N–H and O–H groups in total. The third kappa shape index (κ3) is 2.51. The maximum absolute atomic E-state index is 13.1. The van der Waals surface area contributed by atoms with Crippen LogP contribution < -0.4 is 0 Å². The van der Waals surface area contributed by atoms with Gasteiger partial charge in [0.05, 0.1) is 5.69 Å². The van der Waals surface area contributed by atoms with Crippen LogP contribution in [0.4, 0.5) is 4.39 Å². The SMILES string of the molecule is CN1Cc2c(Cl)nc(Cl)nc2C(c2ccc(F)cc2)C1. The molecule has 0 bridgehead atoms. The van der Waals surface area contributed by atoms with Gasteiger partial charge in [-0.1, -0.05) is 23.7 Å². The van der Waals surface area contributed by atoms with Crippen molar-refractivity contribution in [3.8, 4) is 0 Å². The zero-order valence-electron chi connectivity index (χ0n) is 10.8. The monoisotopic (exact) mass is 311 g/mol. The summed E-state index contributed by atoms with van der Waals surface area (Å²) >= 11 is 12.1. The highest BCUT2D eigenvalue weighted by Gasteiger charge is 2.29. The Morgan fingerprint density at radius 2 is 1.90 bits per heavy atom. The van der Waals surface area contributed by atoms with Gasteiger partial charge in [0.15, 0.2) is 0 Å². The molecule has 1 unspecified atom stereocenters. The van der Waals surface area contributed by atoms with Gasteiger partial charge in [0, 0.05) is 24.6 Å². The lowest BCUT2D eigenvalue weighted by Crippen LogP contribution is -2.32. The molecule has 0 fully saturated rings. The van der Waals surface area contributed by atoms with E-state index < -0.39 is 0 Å². The minimum atomic E-state index is -0.253. The first-order valence-electron chi connectivity index (χ1n) is 6.20. The van der Waals surface area contributed by atoms with E-state index >= 15 is 0 Å². The van der Waals surface area contributed by atoms with Crippen molar-refractivity contribution in [1.82, 2.24) is 14.9 Å². The first-order chi connectivity index (χ1) is 9.54. The number of hydrogen-bond donors (Lipinski definition) is 0. The summed E-state index contributed by atoms with van der Waals surface area (Å²) in [6.07, 6.45) is 0. The van der Waals surface area contributed by atoms with Gasteiger partial charge in [0.1, 0.15) is 11.0 Å². The quantitative estimate of drug-likeness (QED) is 0.596. The Morgan fingerprint density at radius 3 is 2.60 bits per heavy atom. The molecule has 1 aliphatic heterocycles. The van der Waals surface area contributed by atoms with Crippen LogP contribution in [0.2, 0.25) is 10.4 Å². The number of halogens is 3. The molecule has 0 radical (unpaired) electrons. The van der Waals surface area contributed by atoms with Crippen LogP contribution in [0, 0.1) is 5.82 Å². The van der Waals surface area contributed by atoms with Crippen molar-refractivity contribution in [1.29, 1.82) is 0 Å². The highest BCUT2D eigenvalue weighted by Crippen LogP contribution is 2.35. The molecule has 104 valence electrons. The Labute approximate surface area is 126 Å². The van der Waals surface area contributed by atoms with Crippen molar-refractivity contribution < 1.29 is 4.39 Å². The number of fused-ring (bicyclic) bond motifs is 1. The summed E-state index contributed by atoms with van der Waals surface area (Å²) in [6, 6.07) is 6.45. The Balaban J connectivity index is 2.12. The first kappa shape index (κ1) is 13.7. The van der Waals surface area contributed by atoms with E-state index in [9.17, 15) is 4.39 Å². The molecule has 3 rings (SSSR count). The van der Waals surface area contributed by atoms with E-state index in [0.717, 1.165) is 23.4 Å². The third-order valence-electron chi connectivity index (χ3n) is 3.49. The average molecular weight is 312 g/mol. The zero-order chi connectivity index (χ0) is 14.3. The second kappa shape index (κ2) is 5.28. The van der Waals surface area contributed by atoms with Gasteiger partial charge in [-0.25, -0.2) is 14.4 Å². The maximum atomic E-state index is 13.1. The minimum Gasteiger partial charge on any atom is -0.301 e. The smallest absolute Gasteiger partial charge is 0.224 e. The summed E-state index contributed by atoms with van der Waals surface area (Å²) in [4.78, 5) is 10.5. The van der Waals surface area contributed by atoms with E-state index in [1.807, 2.05) is 7.05 Å². The van der Waals surface area contributed by atoms with Gasteiger partial charge in [-0.3, -0.25) is 0 Å². The van der Waals surface area contributed by atoms with Crippen molar-refractivity contribution >= 4 is 23.2 Å². The fourth-order valence-corrected chi connectivity index (χ4v) is 3.03. The molecule has 2 aromatic rings. The number of likely N-dealkylation sites (N-methyl/N-ethyl adjacent to an activating group) is 1. The van der Waals surface area contributed by atoms with Crippen molar-refractivity contribution in [3.05, 3.63) is 57.3 Å². The molecule has 1 aromatic heterocycles. The van der Waals surface area contributed by atoms with E-state index in [0.29, 0.717) is 11.7 Å². The Bertz CT molecular complexity index is 646. The van der Waals surface area contributed by atoms with Crippen molar-refractivity contribution in [2.45, 2.75) is 12.5 Å². The molecule has 3 nitrogen and oxygen atoms in total. The highest BCUT2D eigenvalue weighted by molar-refractivity contribution is 6.32. The largest absolute Gasteiger partial charge is 0.301 e. The molecule has 1 aromatic carbocycles. The fourth-order valence-electron chi connectivity index (χ4n) is 2.57. The van der Waals surface area contributed by atoms with Gasteiger partial charge < -0.3 is 4.90 Å². The van der Waals surface area contributed by atoms with Crippen LogP contribution in [0.15, 0.2) is 24.3 Å². The normalized spacial score (nSPS) is 18.9. The van der Waals surface area contributed by atoms with E-state index in [2.05, 4.69) is 14.9 Å². The molecular weight excluding hydrogens is 300 g/mol. The van der Waals surface area contributed by atoms with Gasteiger partial charge in [0.25, 0.3) is 0 Å². The predicted octanol–water partition coefficient (Wildman–Crippen LogP) is 3.50. The standard InChI is InChI=1S/C14H12Cl2FN3/c1-20-6-10(8-2-4-9(17)5-3-8)12-11(7-20)13(15)19-14(16)18-12/h2-5,10H,6-7H2,1H3. The summed E-state index contributed by atoms with van der Waals surface area (Å²) in [7, 11) is 2.00. The van der Waals surface area contributed by atoms with Gasteiger partial charge >= 0.3 is 0 Å². The molecular formula is C14H12Cl2FN3. The van der Waals surface area contributed by atoms with Gasteiger partial charge in [-0.2, -0.15) is 0 Å². The summed E-state index contributed by atoms with van der Waals surface area (Å²) in [5.74, 6) is -0.237. The van der Waals surface area contributed by atoms with Crippen LogP contribution in [-0.2, 0) is 6.54 Å². The molecule has 1 aliphatic rings. The molecule has 0 saturated heterocycles. The Morgan fingerprint density at radius 1 is 1.20 bits per heavy atom. The van der Waals surface area contributed by atoms with Crippen molar-refractivity contribution in [3.63, 3.8) is 0 Å². The van der Waals surface area contributed by atoms with Gasteiger partial charge in [-0.05, 0) is 36.3 Å². The lowest BCUT2D eigenvalue weighted by Gasteiger charge is -2.31. The van der Waals surface area contributed by atoms with Crippen LogP contribution in [0.1, 0.15) is 22.7 Å². The lowest BCUT2D eigenvalue weighted by molar-refractivity contribution is 0.291. The zero-order valence-corrected chi connectivity index (χ0v) is 12.3. The van der Waals surface area contributed by atoms with Crippen molar-refractivity contribution in [2.75, 3.05) is 13.6 Å². The molecule has 2 heterocycles. The summed E-state index contributed by atoms with van der Waals surface area (Å²) in [5, 5.41) is 0.532. The summed E-state index contributed by atoms with van der Waals surface area (Å²) < 4.78 is 13.1. The van der Waals surface area contributed by atoms with E-state index in [-0.39, 0.29) is 17.0 Å². The third-order valence-corrected chi connectivity index (χ3v) is 3.97. The van der Waals surface area contributed by atoms with Crippen LogP contribution in [0.3, 0.4) is 0 Å². The second-order valence-electron chi connectivity index (χ2n) is 4.95. The summed E-state index contributed by atoms with van der Waals surface area (Å²) in [6.45, 7) is 1.46. The van der Waals surface area contributed by atoms with E-state index in [4.69, 9.17) is 23.2 Å². The molecule has 1 atom stereocenters. The molecule has 20 heavy (non-hydrogen) atoms. The lowest BCUT2D eigenvalue weighted by atomic mass is 9.89. The minimum absolute atomic E-state index is 0.0161. The Kier molecular flexibility index (Phi) is 3.63. The maximum Gasteiger partial charge on any atom is 0.224 e.